The van der Waals surface area contributed by atoms with Gasteiger partial charge in [0.2, 0.25) is 0 Å². The Morgan fingerprint density at radius 2 is 1.97 bits per heavy atom. The summed E-state index contributed by atoms with van der Waals surface area (Å²) in [6.07, 6.45) is -1.02. The van der Waals surface area contributed by atoms with Gasteiger partial charge in [-0.15, -0.1) is 0 Å². The predicted octanol–water partition coefficient (Wildman–Crippen LogP) is 5.10. The molecule has 0 amide bonds. The van der Waals surface area contributed by atoms with Crippen LogP contribution in [-0.2, 0) is 17.3 Å². The molecule has 1 aromatic carbocycles. The SMILES string of the molecule is CCc1cccc(F)c1-c1noc(-c2cnn(-c3cccnc3)c2C(F)(F)F)c1C(=O)OC. The second-order valence-electron chi connectivity index (χ2n) is 6.88. The van der Waals surface area contributed by atoms with E-state index in [1.807, 2.05) is 0 Å². The molecule has 7 nitrogen and oxygen atoms in total. The lowest BCUT2D eigenvalue weighted by Gasteiger charge is -2.12. The molecule has 0 atom stereocenters. The van der Waals surface area contributed by atoms with Gasteiger partial charge in [-0.1, -0.05) is 24.2 Å². The third kappa shape index (κ3) is 3.86. The van der Waals surface area contributed by atoms with Crippen molar-refractivity contribution >= 4 is 5.97 Å². The number of ether oxygens (including phenoxy) is 1. The minimum atomic E-state index is -4.89. The summed E-state index contributed by atoms with van der Waals surface area (Å²) in [4.78, 5) is 16.5. The fraction of sp³-hybridized carbons (Fsp3) is 0.182. The second-order valence-corrected chi connectivity index (χ2v) is 6.88. The van der Waals surface area contributed by atoms with E-state index >= 15 is 0 Å². The van der Waals surface area contributed by atoms with Crippen molar-refractivity contribution in [1.29, 1.82) is 0 Å². The summed E-state index contributed by atoms with van der Waals surface area (Å²) < 4.78 is 67.7. The zero-order valence-corrected chi connectivity index (χ0v) is 17.4. The van der Waals surface area contributed by atoms with Crippen molar-refractivity contribution in [2.24, 2.45) is 0 Å². The quantitative estimate of drug-likeness (QED) is 0.305. The molecule has 3 heterocycles. The van der Waals surface area contributed by atoms with Crippen LogP contribution in [0.5, 0.6) is 0 Å². The summed E-state index contributed by atoms with van der Waals surface area (Å²) in [6.45, 7) is 1.76. The van der Waals surface area contributed by atoms with Gasteiger partial charge in [0.05, 0.1) is 30.8 Å². The van der Waals surface area contributed by atoms with Gasteiger partial charge in [0, 0.05) is 11.8 Å². The van der Waals surface area contributed by atoms with Gasteiger partial charge in [0.15, 0.2) is 11.5 Å². The van der Waals surface area contributed by atoms with Crippen LogP contribution in [0, 0.1) is 5.82 Å². The lowest BCUT2D eigenvalue weighted by atomic mass is 9.97. The third-order valence-electron chi connectivity index (χ3n) is 4.97. The molecule has 0 bridgehead atoms. The molecule has 170 valence electrons. The molecule has 0 radical (unpaired) electrons. The van der Waals surface area contributed by atoms with Crippen LogP contribution < -0.4 is 0 Å². The molecule has 3 aromatic heterocycles. The standard InChI is InChI=1S/C22H16F4N4O3/c1-3-12-6-4-8-15(23)16(12)18-17(21(31)32-2)19(33-29-18)14-11-28-30(20(14)22(24,25)26)13-7-5-9-27-10-13/h4-11H,3H2,1-2H3. The number of hydrogen-bond donors (Lipinski definition) is 0. The molecule has 0 aliphatic heterocycles. The maximum Gasteiger partial charge on any atom is 0.434 e. The van der Waals surface area contributed by atoms with E-state index in [4.69, 9.17) is 9.26 Å². The van der Waals surface area contributed by atoms with Gasteiger partial charge in [0.1, 0.15) is 17.1 Å². The van der Waals surface area contributed by atoms with Crippen molar-refractivity contribution in [1.82, 2.24) is 19.9 Å². The van der Waals surface area contributed by atoms with Crippen LogP contribution >= 0.6 is 0 Å². The maximum atomic E-state index is 14.7. The number of rotatable bonds is 5. The van der Waals surface area contributed by atoms with Gasteiger partial charge < -0.3 is 9.26 Å². The van der Waals surface area contributed by atoms with Crippen LogP contribution in [0.15, 0.2) is 53.4 Å². The number of nitrogens with zero attached hydrogens (tertiary/aromatic N) is 4. The summed E-state index contributed by atoms with van der Waals surface area (Å²) in [5, 5.41) is 7.61. The zero-order valence-electron chi connectivity index (χ0n) is 17.4. The molecule has 0 saturated heterocycles. The summed E-state index contributed by atoms with van der Waals surface area (Å²) in [6, 6.07) is 7.10. The zero-order chi connectivity index (χ0) is 23.8. The normalized spacial score (nSPS) is 11.6. The first kappa shape index (κ1) is 22.2. The summed E-state index contributed by atoms with van der Waals surface area (Å²) in [5.41, 5.74) is -1.99. The third-order valence-corrected chi connectivity index (χ3v) is 4.97. The number of esters is 1. The van der Waals surface area contributed by atoms with Gasteiger partial charge in [-0.2, -0.15) is 18.3 Å². The fourth-order valence-electron chi connectivity index (χ4n) is 3.53. The Kier molecular flexibility index (Phi) is 5.71. The molecular formula is C22H16F4N4O3. The first-order valence-electron chi connectivity index (χ1n) is 9.69. The molecule has 0 unspecified atom stereocenters. The topological polar surface area (TPSA) is 83.0 Å². The van der Waals surface area contributed by atoms with Gasteiger partial charge in [-0.05, 0) is 30.2 Å². The molecule has 33 heavy (non-hydrogen) atoms. The summed E-state index contributed by atoms with van der Waals surface area (Å²) in [5.74, 6) is -2.28. The Labute approximate surface area is 184 Å². The monoisotopic (exact) mass is 460 g/mol. The van der Waals surface area contributed by atoms with Crippen LogP contribution in [-0.4, -0.2) is 33.0 Å². The highest BCUT2D eigenvalue weighted by atomic mass is 19.4. The molecule has 0 N–H and O–H groups in total. The number of carbonyl (C=O) groups excluding carboxylic acids is 1. The summed E-state index contributed by atoms with van der Waals surface area (Å²) in [7, 11) is 1.05. The minimum Gasteiger partial charge on any atom is -0.465 e. The Morgan fingerprint density at radius 3 is 2.61 bits per heavy atom. The molecular weight excluding hydrogens is 444 g/mol. The van der Waals surface area contributed by atoms with E-state index in [1.165, 1.54) is 30.6 Å². The molecule has 11 heteroatoms. The van der Waals surface area contributed by atoms with E-state index in [1.54, 1.807) is 13.0 Å². The number of carbonyl (C=O) groups is 1. The number of pyridine rings is 1. The average Bonchev–Trinajstić information content (AvgIpc) is 3.43. The summed E-state index contributed by atoms with van der Waals surface area (Å²) >= 11 is 0. The maximum absolute atomic E-state index is 14.7. The Hall–Kier alpha value is -4.02. The predicted molar refractivity (Wildman–Crippen MR) is 108 cm³/mol. The minimum absolute atomic E-state index is 0.0396. The van der Waals surface area contributed by atoms with Crippen LogP contribution in [0.1, 0.15) is 28.5 Å². The van der Waals surface area contributed by atoms with Crippen molar-refractivity contribution in [3.8, 4) is 28.3 Å². The first-order valence-corrected chi connectivity index (χ1v) is 9.69. The largest absolute Gasteiger partial charge is 0.465 e. The van der Waals surface area contributed by atoms with Crippen molar-refractivity contribution in [3.05, 3.63) is 71.6 Å². The van der Waals surface area contributed by atoms with Crippen molar-refractivity contribution in [2.75, 3.05) is 7.11 Å². The average molecular weight is 460 g/mol. The number of aryl methyl sites for hydroxylation is 1. The van der Waals surface area contributed by atoms with Gasteiger partial charge in [0.25, 0.3) is 0 Å². The van der Waals surface area contributed by atoms with Crippen LogP contribution in [0.4, 0.5) is 17.6 Å². The molecule has 0 spiro atoms. The van der Waals surface area contributed by atoms with E-state index in [0.717, 1.165) is 19.4 Å². The Morgan fingerprint density at radius 1 is 1.18 bits per heavy atom. The van der Waals surface area contributed by atoms with E-state index in [9.17, 15) is 22.4 Å². The second kappa shape index (κ2) is 8.49. The van der Waals surface area contributed by atoms with E-state index in [0.29, 0.717) is 16.7 Å². The van der Waals surface area contributed by atoms with Gasteiger partial charge in [-0.3, -0.25) is 4.98 Å². The van der Waals surface area contributed by atoms with Crippen LogP contribution in [0.2, 0.25) is 0 Å². The van der Waals surface area contributed by atoms with Crippen molar-refractivity contribution in [3.63, 3.8) is 0 Å². The highest BCUT2D eigenvalue weighted by molar-refractivity contribution is 6.02. The molecule has 4 rings (SSSR count). The molecule has 0 aliphatic carbocycles. The lowest BCUT2D eigenvalue weighted by Crippen LogP contribution is -2.15. The number of benzene rings is 1. The molecule has 0 fully saturated rings. The number of methoxy groups -OCH3 is 1. The van der Waals surface area contributed by atoms with E-state index in [2.05, 4.69) is 15.2 Å². The van der Waals surface area contributed by atoms with Crippen LogP contribution in [0.25, 0.3) is 28.3 Å². The van der Waals surface area contributed by atoms with E-state index in [-0.39, 0.29) is 16.9 Å². The van der Waals surface area contributed by atoms with Crippen molar-refractivity contribution < 1.29 is 31.6 Å². The van der Waals surface area contributed by atoms with Gasteiger partial charge >= 0.3 is 12.1 Å². The smallest absolute Gasteiger partial charge is 0.434 e. The Balaban J connectivity index is 2.01. The number of hydrogen-bond acceptors (Lipinski definition) is 6. The highest BCUT2D eigenvalue weighted by Crippen LogP contribution is 2.42. The fourth-order valence-corrected chi connectivity index (χ4v) is 3.53. The first-order chi connectivity index (χ1) is 15.8. The lowest BCUT2D eigenvalue weighted by molar-refractivity contribution is -0.142. The molecule has 4 aromatic rings. The van der Waals surface area contributed by atoms with Crippen molar-refractivity contribution in [2.45, 2.75) is 19.5 Å². The van der Waals surface area contributed by atoms with Crippen LogP contribution in [0.3, 0.4) is 0 Å². The number of halogens is 4. The Bertz CT molecular complexity index is 1310. The highest BCUT2D eigenvalue weighted by Gasteiger charge is 2.42. The molecule has 0 saturated carbocycles. The van der Waals surface area contributed by atoms with Gasteiger partial charge in [-0.25, -0.2) is 13.9 Å². The number of aromatic nitrogens is 4. The molecule has 0 aliphatic rings. The van der Waals surface area contributed by atoms with E-state index < -0.39 is 40.5 Å². The number of alkyl halides is 3.